The molecule has 0 aliphatic rings. The van der Waals surface area contributed by atoms with E-state index in [1.807, 2.05) is 0 Å². The second kappa shape index (κ2) is 4.45. The number of carbonyl (C=O) groups excluding carboxylic acids is 1. The van der Waals surface area contributed by atoms with Gasteiger partial charge in [-0.2, -0.15) is 0 Å². The predicted octanol–water partition coefficient (Wildman–Crippen LogP) is 0.423. The van der Waals surface area contributed by atoms with Gasteiger partial charge < -0.3 is 0 Å². The number of rotatable bonds is 3. The number of amides is 1. The van der Waals surface area contributed by atoms with Gasteiger partial charge in [-0.25, -0.2) is 17.5 Å². The van der Waals surface area contributed by atoms with Crippen LogP contribution in [0.4, 0.5) is 10.1 Å². The number of benzene rings is 1. The molecular weight excluding hydrogens is 255 g/mol. The van der Waals surface area contributed by atoms with Crippen LogP contribution in [0.25, 0.3) is 0 Å². The first-order chi connectivity index (χ1) is 7.70. The Morgan fingerprint density at radius 1 is 1.47 bits per heavy atom. The molecule has 0 bridgehead atoms. The highest BCUT2D eigenvalue weighted by molar-refractivity contribution is 7.89. The Morgan fingerprint density at radius 2 is 2.06 bits per heavy atom. The van der Waals surface area contributed by atoms with Gasteiger partial charge in [-0.3, -0.25) is 14.9 Å². The van der Waals surface area contributed by atoms with E-state index in [2.05, 4.69) is 0 Å². The molecule has 0 fully saturated rings. The fourth-order valence-corrected chi connectivity index (χ4v) is 1.52. The maximum atomic E-state index is 12.9. The average Bonchev–Trinajstić information content (AvgIpc) is 2.14. The smallest absolute Gasteiger partial charge is 0.268 e. The number of hydrogen-bond donors (Lipinski definition) is 1. The summed E-state index contributed by atoms with van der Waals surface area (Å²) in [5, 5.41) is 10.6. The van der Waals surface area contributed by atoms with Crippen molar-refractivity contribution in [2.75, 3.05) is 6.26 Å². The number of halogens is 1. The van der Waals surface area contributed by atoms with Crippen LogP contribution in [0, 0.1) is 15.9 Å². The van der Waals surface area contributed by atoms with Gasteiger partial charge in [0.15, 0.2) is 0 Å². The molecule has 0 heterocycles. The van der Waals surface area contributed by atoms with Crippen LogP contribution in [0.3, 0.4) is 0 Å². The van der Waals surface area contributed by atoms with E-state index in [-0.39, 0.29) is 0 Å². The number of nitrogens with zero attached hydrogens (tertiary/aromatic N) is 1. The van der Waals surface area contributed by atoms with Gasteiger partial charge in [-0.15, -0.1) is 0 Å². The van der Waals surface area contributed by atoms with Crippen molar-refractivity contribution in [2.45, 2.75) is 0 Å². The van der Waals surface area contributed by atoms with Crippen LogP contribution in [0.2, 0.25) is 0 Å². The van der Waals surface area contributed by atoms with Gasteiger partial charge in [0, 0.05) is 6.07 Å². The third-order valence-electron chi connectivity index (χ3n) is 1.68. The summed E-state index contributed by atoms with van der Waals surface area (Å²) in [4.78, 5) is 21.0. The molecule has 1 aromatic carbocycles. The van der Waals surface area contributed by atoms with E-state index in [9.17, 15) is 27.7 Å². The van der Waals surface area contributed by atoms with E-state index < -0.39 is 37.9 Å². The van der Waals surface area contributed by atoms with Crippen molar-refractivity contribution in [3.05, 3.63) is 39.7 Å². The summed E-state index contributed by atoms with van der Waals surface area (Å²) in [6.45, 7) is 0. The highest BCUT2D eigenvalue weighted by atomic mass is 32.2. The number of nitrogens with one attached hydrogen (secondary N) is 1. The summed E-state index contributed by atoms with van der Waals surface area (Å²) in [6, 6.07) is 2.18. The molecule has 92 valence electrons. The van der Waals surface area contributed by atoms with Crippen LogP contribution in [0.1, 0.15) is 10.4 Å². The first-order valence-corrected chi connectivity index (χ1v) is 6.06. The molecule has 0 atom stereocenters. The average molecular weight is 262 g/mol. The van der Waals surface area contributed by atoms with Crippen LogP contribution < -0.4 is 4.72 Å². The van der Waals surface area contributed by atoms with E-state index in [4.69, 9.17) is 0 Å². The van der Waals surface area contributed by atoms with Gasteiger partial charge in [0.05, 0.1) is 11.2 Å². The van der Waals surface area contributed by atoms with Crippen LogP contribution in [-0.2, 0) is 10.0 Å². The molecule has 1 rings (SSSR count). The molecule has 0 unspecified atom stereocenters. The maximum Gasteiger partial charge on any atom is 0.282 e. The lowest BCUT2D eigenvalue weighted by Gasteiger charge is -2.03. The molecular formula is C8H7FN2O5S. The molecule has 1 N–H and O–H groups in total. The Labute approximate surface area is 95.5 Å². The second-order valence-electron chi connectivity index (χ2n) is 3.12. The zero-order valence-corrected chi connectivity index (χ0v) is 9.32. The largest absolute Gasteiger partial charge is 0.282 e. The van der Waals surface area contributed by atoms with E-state index in [0.29, 0.717) is 12.3 Å². The predicted molar refractivity (Wildman–Crippen MR) is 55.4 cm³/mol. The summed E-state index contributed by atoms with van der Waals surface area (Å²) >= 11 is 0. The lowest BCUT2D eigenvalue weighted by Crippen LogP contribution is -2.29. The highest BCUT2D eigenvalue weighted by Gasteiger charge is 2.22. The molecule has 0 saturated heterocycles. The maximum absolute atomic E-state index is 12.9. The Balaban J connectivity index is 3.25. The molecule has 7 nitrogen and oxygen atoms in total. The van der Waals surface area contributed by atoms with Gasteiger partial charge in [0.25, 0.3) is 11.6 Å². The van der Waals surface area contributed by atoms with E-state index in [1.54, 1.807) is 0 Å². The minimum Gasteiger partial charge on any atom is -0.268 e. The van der Waals surface area contributed by atoms with Crippen molar-refractivity contribution in [3.63, 3.8) is 0 Å². The lowest BCUT2D eigenvalue weighted by atomic mass is 10.1. The lowest BCUT2D eigenvalue weighted by molar-refractivity contribution is -0.385. The van der Waals surface area contributed by atoms with Gasteiger partial charge in [-0.05, 0) is 12.1 Å². The summed E-state index contributed by atoms with van der Waals surface area (Å²) in [5.74, 6) is -2.13. The van der Waals surface area contributed by atoms with Crippen molar-refractivity contribution < 1.29 is 22.5 Å². The first-order valence-electron chi connectivity index (χ1n) is 4.17. The third kappa shape index (κ3) is 3.48. The first kappa shape index (κ1) is 13.0. The molecule has 0 saturated carbocycles. The SMILES string of the molecule is CS(=O)(=O)NC(=O)c1cc(F)ccc1[N+](=O)[O-]. The fourth-order valence-electron chi connectivity index (χ4n) is 1.07. The topological polar surface area (TPSA) is 106 Å². The molecule has 9 heteroatoms. The van der Waals surface area contributed by atoms with Crippen molar-refractivity contribution in [2.24, 2.45) is 0 Å². The quantitative estimate of drug-likeness (QED) is 0.627. The van der Waals surface area contributed by atoms with Crippen LogP contribution in [0.5, 0.6) is 0 Å². The normalized spacial score (nSPS) is 10.9. The number of nitro benzene ring substituents is 1. The fraction of sp³-hybridized carbons (Fsp3) is 0.125. The van der Waals surface area contributed by atoms with Crippen molar-refractivity contribution in [3.8, 4) is 0 Å². The highest BCUT2D eigenvalue weighted by Crippen LogP contribution is 2.19. The summed E-state index contributed by atoms with van der Waals surface area (Å²) in [6.07, 6.45) is 0.704. The number of nitro groups is 1. The molecule has 0 spiro atoms. The number of hydrogen-bond acceptors (Lipinski definition) is 5. The van der Waals surface area contributed by atoms with E-state index in [1.165, 1.54) is 4.72 Å². The van der Waals surface area contributed by atoms with Crippen LogP contribution >= 0.6 is 0 Å². The second-order valence-corrected chi connectivity index (χ2v) is 4.87. The molecule has 0 radical (unpaired) electrons. The summed E-state index contributed by atoms with van der Waals surface area (Å²) < 4.78 is 35.9. The van der Waals surface area contributed by atoms with Gasteiger partial charge in [-0.1, -0.05) is 0 Å². The summed E-state index contributed by atoms with van der Waals surface area (Å²) in [5.41, 5.74) is -1.33. The van der Waals surface area contributed by atoms with Crippen molar-refractivity contribution in [1.29, 1.82) is 0 Å². The Bertz CT molecular complexity index is 584. The van der Waals surface area contributed by atoms with E-state index >= 15 is 0 Å². The molecule has 1 aromatic rings. The van der Waals surface area contributed by atoms with Crippen LogP contribution in [0.15, 0.2) is 18.2 Å². The molecule has 17 heavy (non-hydrogen) atoms. The van der Waals surface area contributed by atoms with Crippen molar-refractivity contribution >= 4 is 21.6 Å². The molecule has 0 aromatic heterocycles. The van der Waals surface area contributed by atoms with Crippen LogP contribution in [-0.4, -0.2) is 25.5 Å². The Hall–Kier alpha value is -2.03. The monoisotopic (exact) mass is 262 g/mol. The molecule has 1 amide bonds. The van der Waals surface area contributed by atoms with E-state index in [0.717, 1.165) is 12.1 Å². The van der Waals surface area contributed by atoms with Crippen molar-refractivity contribution in [1.82, 2.24) is 4.72 Å². The number of sulfonamides is 1. The number of carbonyl (C=O) groups is 1. The minimum atomic E-state index is -3.87. The minimum absolute atomic E-state index is 0.596. The Kier molecular flexibility index (Phi) is 3.42. The zero-order valence-electron chi connectivity index (χ0n) is 8.51. The molecule has 0 aliphatic heterocycles. The van der Waals surface area contributed by atoms with Gasteiger partial charge in [0.1, 0.15) is 11.4 Å². The molecule has 0 aliphatic carbocycles. The summed E-state index contributed by atoms with van der Waals surface area (Å²) in [7, 11) is -3.87. The van der Waals surface area contributed by atoms with Gasteiger partial charge >= 0.3 is 0 Å². The standard InChI is InChI=1S/C8H7FN2O5S/c1-17(15,16)10-8(12)6-4-5(9)2-3-7(6)11(13)14/h2-4H,1H3,(H,10,12). The van der Waals surface area contributed by atoms with Gasteiger partial charge in [0.2, 0.25) is 10.0 Å². The Morgan fingerprint density at radius 3 is 2.53 bits per heavy atom. The third-order valence-corrected chi connectivity index (χ3v) is 2.23. The zero-order chi connectivity index (χ0) is 13.2.